The Morgan fingerprint density at radius 3 is 2.83 bits per heavy atom. The minimum Gasteiger partial charge on any atom is -0.454 e. The van der Waals surface area contributed by atoms with Crippen LogP contribution in [-0.4, -0.2) is 15.5 Å². The van der Waals surface area contributed by atoms with Gasteiger partial charge in [-0.3, -0.25) is 9.36 Å². The molecule has 0 fully saturated rings. The molecular formula is C17H18F2N2O2. The molecule has 0 bridgehead atoms. The lowest BCUT2D eigenvalue weighted by atomic mass is 9.95. The van der Waals surface area contributed by atoms with E-state index >= 15 is 0 Å². The van der Waals surface area contributed by atoms with Gasteiger partial charge >= 0.3 is 12.5 Å². The van der Waals surface area contributed by atoms with Gasteiger partial charge in [-0.1, -0.05) is 24.3 Å². The van der Waals surface area contributed by atoms with Gasteiger partial charge < -0.3 is 4.74 Å². The molecular weight excluding hydrogens is 302 g/mol. The van der Waals surface area contributed by atoms with Gasteiger partial charge in [0, 0.05) is 0 Å². The third-order valence-electron chi connectivity index (χ3n) is 4.08. The van der Waals surface area contributed by atoms with E-state index in [4.69, 9.17) is 4.74 Å². The Balaban J connectivity index is 1.85. The highest BCUT2D eigenvalue weighted by molar-refractivity contribution is 5.76. The predicted molar refractivity (Wildman–Crippen MR) is 82.0 cm³/mol. The van der Waals surface area contributed by atoms with Gasteiger partial charge in [0.05, 0.1) is 17.0 Å². The van der Waals surface area contributed by atoms with Crippen LogP contribution in [0, 0.1) is 5.92 Å². The average molecular weight is 320 g/mol. The van der Waals surface area contributed by atoms with E-state index in [1.807, 2.05) is 12.2 Å². The quantitative estimate of drug-likeness (QED) is 0.620. The van der Waals surface area contributed by atoms with E-state index in [9.17, 15) is 13.6 Å². The van der Waals surface area contributed by atoms with Gasteiger partial charge in [-0.2, -0.15) is 8.78 Å². The molecule has 1 aliphatic carbocycles. The number of nitrogens with zero attached hydrogens (tertiary/aromatic N) is 2. The third-order valence-corrected chi connectivity index (χ3v) is 4.08. The Bertz CT molecular complexity index is 739. The molecule has 4 nitrogen and oxygen atoms in total. The van der Waals surface area contributed by atoms with Crippen LogP contribution in [0.5, 0.6) is 0 Å². The predicted octanol–water partition coefficient (Wildman–Crippen LogP) is 4.39. The van der Waals surface area contributed by atoms with Crippen molar-refractivity contribution in [2.45, 2.75) is 38.8 Å². The summed E-state index contributed by atoms with van der Waals surface area (Å²) in [6, 6.07) is 6.66. The second-order valence-electron chi connectivity index (χ2n) is 5.67. The molecule has 0 radical (unpaired) electrons. The van der Waals surface area contributed by atoms with Gasteiger partial charge in [0.2, 0.25) is 0 Å². The van der Waals surface area contributed by atoms with Crippen LogP contribution in [0.3, 0.4) is 0 Å². The summed E-state index contributed by atoms with van der Waals surface area (Å²) in [7, 11) is 0. The number of carbonyl (C=O) groups is 1. The summed E-state index contributed by atoms with van der Waals surface area (Å²) in [6.07, 6.45) is 5.36. The fraction of sp³-hybridized carbons (Fsp3) is 0.412. The number of ether oxygens (including phenoxy) is 1. The molecule has 0 amide bonds. The van der Waals surface area contributed by atoms with Gasteiger partial charge in [0.25, 0.3) is 0 Å². The number of fused-ring (bicyclic) bond motifs is 1. The molecule has 1 aromatic heterocycles. The third kappa shape index (κ3) is 3.11. The van der Waals surface area contributed by atoms with E-state index < -0.39 is 12.7 Å². The molecule has 2 atom stereocenters. The molecule has 23 heavy (non-hydrogen) atoms. The zero-order valence-electron chi connectivity index (χ0n) is 12.8. The van der Waals surface area contributed by atoms with Crippen molar-refractivity contribution in [2.24, 2.45) is 5.92 Å². The molecule has 0 saturated heterocycles. The van der Waals surface area contributed by atoms with Gasteiger partial charge in [0.15, 0.2) is 11.9 Å². The van der Waals surface area contributed by atoms with Gasteiger partial charge in [0.1, 0.15) is 0 Å². The van der Waals surface area contributed by atoms with Crippen molar-refractivity contribution in [3.05, 3.63) is 42.2 Å². The molecule has 1 heterocycles. The number of benzene rings is 1. The number of hydrogen-bond donors (Lipinski definition) is 0. The standard InChI is InChI=1S/C17H18F2N2O2/c1-11(23-16(22)12-7-3-2-4-8-12)15-20-13-9-5-6-10-14(13)21(15)17(18)19/h2-3,5-6,9-12,17H,4,7-8H2,1H3. The van der Waals surface area contributed by atoms with Crippen LogP contribution >= 0.6 is 0 Å². The summed E-state index contributed by atoms with van der Waals surface area (Å²) in [5, 5.41) is 0. The van der Waals surface area contributed by atoms with E-state index in [2.05, 4.69) is 4.98 Å². The van der Waals surface area contributed by atoms with E-state index in [0.29, 0.717) is 17.5 Å². The summed E-state index contributed by atoms with van der Waals surface area (Å²) in [4.78, 5) is 16.4. The summed E-state index contributed by atoms with van der Waals surface area (Å²) in [5.74, 6) is -0.484. The highest BCUT2D eigenvalue weighted by atomic mass is 19.3. The molecule has 1 aromatic carbocycles. The maximum atomic E-state index is 13.4. The summed E-state index contributed by atoms with van der Waals surface area (Å²) in [6.45, 7) is -1.16. The first-order valence-electron chi connectivity index (χ1n) is 7.68. The zero-order chi connectivity index (χ0) is 16.4. The molecule has 0 saturated carbocycles. The van der Waals surface area contributed by atoms with Crippen LogP contribution in [0.1, 0.15) is 44.7 Å². The fourth-order valence-electron chi connectivity index (χ4n) is 2.89. The maximum absolute atomic E-state index is 13.4. The van der Waals surface area contributed by atoms with Crippen molar-refractivity contribution in [3.63, 3.8) is 0 Å². The Labute approximate surface area is 132 Å². The van der Waals surface area contributed by atoms with Crippen molar-refractivity contribution in [1.29, 1.82) is 0 Å². The highest BCUT2D eigenvalue weighted by Gasteiger charge is 2.27. The first-order chi connectivity index (χ1) is 11.1. The van der Waals surface area contributed by atoms with Crippen LogP contribution in [-0.2, 0) is 9.53 Å². The second kappa shape index (κ2) is 6.48. The lowest BCUT2D eigenvalue weighted by Crippen LogP contribution is -2.22. The number of esters is 1. The Hall–Kier alpha value is -2.24. The van der Waals surface area contributed by atoms with Crippen LogP contribution in [0.25, 0.3) is 11.0 Å². The monoisotopic (exact) mass is 320 g/mol. The fourth-order valence-corrected chi connectivity index (χ4v) is 2.89. The van der Waals surface area contributed by atoms with Crippen molar-refractivity contribution in [3.8, 4) is 0 Å². The van der Waals surface area contributed by atoms with Crippen LogP contribution < -0.4 is 0 Å². The first-order valence-corrected chi connectivity index (χ1v) is 7.68. The molecule has 2 unspecified atom stereocenters. The van der Waals surface area contributed by atoms with E-state index in [0.717, 1.165) is 17.4 Å². The summed E-state index contributed by atoms with van der Waals surface area (Å²) >= 11 is 0. The van der Waals surface area contributed by atoms with Gasteiger partial charge in [-0.15, -0.1) is 0 Å². The lowest BCUT2D eigenvalue weighted by Gasteiger charge is -2.20. The maximum Gasteiger partial charge on any atom is 0.320 e. The number of halogens is 2. The number of allylic oxidation sites excluding steroid dienone is 2. The van der Waals surface area contributed by atoms with Crippen LogP contribution in [0.4, 0.5) is 8.78 Å². The van der Waals surface area contributed by atoms with E-state index in [1.165, 1.54) is 0 Å². The number of alkyl halides is 2. The minimum absolute atomic E-state index is 0.0703. The van der Waals surface area contributed by atoms with Crippen molar-refractivity contribution in [1.82, 2.24) is 9.55 Å². The molecule has 1 aliphatic rings. The first kappa shape index (κ1) is 15.6. The average Bonchev–Trinajstić information content (AvgIpc) is 2.95. The molecule has 122 valence electrons. The molecule has 0 aliphatic heterocycles. The van der Waals surface area contributed by atoms with E-state index in [-0.39, 0.29) is 17.7 Å². The van der Waals surface area contributed by atoms with Gasteiger partial charge in [-0.25, -0.2) is 4.98 Å². The Morgan fingerprint density at radius 2 is 2.13 bits per heavy atom. The summed E-state index contributed by atoms with van der Waals surface area (Å²) < 4.78 is 33.1. The van der Waals surface area contributed by atoms with E-state index in [1.54, 1.807) is 31.2 Å². The van der Waals surface area contributed by atoms with Crippen molar-refractivity contribution >= 4 is 17.0 Å². The number of rotatable bonds is 4. The normalized spacial score (nSPS) is 19.2. The molecule has 2 aromatic rings. The Morgan fingerprint density at radius 1 is 1.35 bits per heavy atom. The SMILES string of the molecule is CC(OC(=O)C1CC=CCC1)c1nc2ccccc2n1C(F)F. The number of aromatic nitrogens is 2. The number of hydrogen-bond acceptors (Lipinski definition) is 3. The van der Waals surface area contributed by atoms with Crippen LogP contribution in [0.15, 0.2) is 36.4 Å². The molecule has 0 N–H and O–H groups in total. The van der Waals surface area contributed by atoms with Crippen molar-refractivity contribution < 1.29 is 18.3 Å². The second-order valence-corrected chi connectivity index (χ2v) is 5.67. The largest absolute Gasteiger partial charge is 0.454 e. The molecule has 6 heteroatoms. The highest BCUT2D eigenvalue weighted by Crippen LogP contribution is 2.29. The van der Waals surface area contributed by atoms with Crippen molar-refractivity contribution in [2.75, 3.05) is 0 Å². The number of para-hydroxylation sites is 2. The zero-order valence-corrected chi connectivity index (χ0v) is 12.8. The summed E-state index contributed by atoms with van der Waals surface area (Å²) in [5.41, 5.74) is 0.798. The minimum atomic E-state index is -2.74. The Kier molecular flexibility index (Phi) is 4.41. The smallest absolute Gasteiger partial charge is 0.320 e. The van der Waals surface area contributed by atoms with Gasteiger partial charge in [-0.05, 0) is 38.3 Å². The molecule has 0 spiro atoms. The molecule has 3 rings (SSSR count). The topological polar surface area (TPSA) is 44.1 Å². The van der Waals surface area contributed by atoms with Crippen LogP contribution in [0.2, 0.25) is 0 Å². The number of carbonyl (C=O) groups excluding carboxylic acids is 1. The number of imidazole rings is 1. The lowest BCUT2D eigenvalue weighted by molar-refractivity contribution is -0.154.